The van der Waals surface area contributed by atoms with E-state index in [0.717, 1.165) is 29.6 Å². The van der Waals surface area contributed by atoms with Gasteiger partial charge in [0.15, 0.2) is 9.84 Å². The molecule has 1 fully saturated rings. The Bertz CT molecular complexity index is 1730. The number of pyridine rings is 1. The molecule has 0 aliphatic carbocycles. The van der Waals surface area contributed by atoms with E-state index in [4.69, 9.17) is 10.5 Å². The maximum atomic E-state index is 14.9. The summed E-state index contributed by atoms with van der Waals surface area (Å²) < 4.78 is 59.9. The van der Waals surface area contributed by atoms with Gasteiger partial charge in [-0.25, -0.2) is 31.5 Å². The molecule has 4 heterocycles. The number of benzene rings is 1. The second-order valence-corrected chi connectivity index (χ2v) is 12.6. The minimum absolute atomic E-state index is 0.0141. The van der Waals surface area contributed by atoms with Gasteiger partial charge in [0.1, 0.15) is 17.5 Å². The molecule has 1 aliphatic heterocycles. The first-order chi connectivity index (χ1) is 19.9. The molecule has 1 amide bonds. The number of sulfone groups is 1. The number of nitrogens with zero attached hydrogens (tertiary/aromatic N) is 6. The molecular formula is C28H31F2N7O4S. The fraction of sp³-hybridized carbons (Fsp3) is 0.357. The third-order valence-electron chi connectivity index (χ3n) is 7.59. The molecule has 0 unspecified atom stereocenters. The van der Waals surface area contributed by atoms with E-state index in [1.807, 2.05) is 13.0 Å². The molecular weight excluding hydrogens is 568 g/mol. The van der Waals surface area contributed by atoms with Gasteiger partial charge >= 0.3 is 6.09 Å². The van der Waals surface area contributed by atoms with Crippen molar-refractivity contribution < 1.29 is 26.7 Å². The normalized spacial score (nSPS) is 19.2. The molecule has 0 bridgehead atoms. The topological polar surface area (TPSA) is 136 Å². The zero-order valence-corrected chi connectivity index (χ0v) is 24.3. The Labute approximate surface area is 241 Å². The average molecular weight is 600 g/mol. The summed E-state index contributed by atoms with van der Waals surface area (Å²) in [5, 5.41) is 4.46. The first-order valence-electron chi connectivity index (χ1n) is 13.2. The summed E-state index contributed by atoms with van der Waals surface area (Å²) in [5.74, 6) is -1.53. The van der Waals surface area contributed by atoms with Crippen LogP contribution in [0.4, 0.5) is 19.3 Å². The van der Waals surface area contributed by atoms with Crippen LogP contribution in [0, 0.1) is 17.6 Å². The summed E-state index contributed by atoms with van der Waals surface area (Å²) in [4.78, 5) is 24.2. The molecule has 2 N–H and O–H groups in total. The lowest BCUT2D eigenvalue weighted by atomic mass is 9.88. The van der Waals surface area contributed by atoms with Crippen LogP contribution in [0.25, 0.3) is 16.8 Å². The lowest BCUT2D eigenvalue weighted by Gasteiger charge is -2.45. The second kappa shape index (κ2) is 11.2. The van der Waals surface area contributed by atoms with E-state index in [1.165, 1.54) is 17.7 Å². The number of carbonyl (C=O) groups excluding carboxylic acids is 1. The van der Waals surface area contributed by atoms with Gasteiger partial charge in [-0.2, -0.15) is 5.10 Å². The Morgan fingerprint density at radius 1 is 1.17 bits per heavy atom. The van der Waals surface area contributed by atoms with Crippen LogP contribution in [0.5, 0.6) is 0 Å². The number of hydrogen-bond acceptors (Lipinski definition) is 9. The van der Waals surface area contributed by atoms with E-state index in [2.05, 4.69) is 20.0 Å². The van der Waals surface area contributed by atoms with E-state index in [9.17, 15) is 22.0 Å². The third-order valence-corrected chi connectivity index (χ3v) is 8.68. The molecule has 0 radical (unpaired) electrons. The number of piperidine rings is 1. The van der Waals surface area contributed by atoms with Gasteiger partial charge in [-0.1, -0.05) is 6.92 Å². The quantitative estimate of drug-likeness (QED) is 0.355. The number of likely N-dealkylation sites (N-methyl/N-ethyl adjacent to an activating group) is 1. The fourth-order valence-corrected chi connectivity index (χ4v) is 6.31. The number of fused-ring (bicyclic) bond motifs is 1. The summed E-state index contributed by atoms with van der Waals surface area (Å²) >= 11 is 0. The number of rotatable bonds is 6. The third kappa shape index (κ3) is 5.51. The van der Waals surface area contributed by atoms with Crippen molar-refractivity contribution in [3.8, 4) is 11.3 Å². The first kappa shape index (κ1) is 29.3. The molecule has 1 aliphatic rings. The van der Waals surface area contributed by atoms with Crippen LogP contribution in [0.1, 0.15) is 18.3 Å². The van der Waals surface area contributed by atoms with Crippen molar-refractivity contribution in [3.05, 3.63) is 71.9 Å². The molecule has 5 rings (SSSR count). The Morgan fingerprint density at radius 3 is 2.52 bits per heavy atom. The van der Waals surface area contributed by atoms with Gasteiger partial charge < -0.3 is 20.3 Å². The Balaban J connectivity index is 1.45. The maximum Gasteiger partial charge on any atom is 0.409 e. The number of nitrogens with two attached hydrogens (primary N) is 1. The predicted molar refractivity (Wildman–Crippen MR) is 152 cm³/mol. The number of anilines is 1. The fourth-order valence-electron chi connectivity index (χ4n) is 5.68. The smallest absolute Gasteiger partial charge is 0.409 e. The standard InChI is InChI=1S/C28H31F2N7O4S/c1-16-14-36(15-22(31)27(16)35(2)28(38)41-3)24-7-8-32-12-17(24)9-25-33-13-18-5-6-23(34-37(18)25)26-20(29)10-19(11-21(26)30)42(4,39)40/h5-8,10-13,16,22,27H,9,14-15,31H2,1-4H3/t16-,22+,27-/m0/s1. The molecule has 3 aromatic heterocycles. The van der Waals surface area contributed by atoms with Gasteiger partial charge in [-0.3, -0.25) is 4.98 Å². The van der Waals surface area contributed by atoms with Crippen LogP contribution in [0.2, 0.25) is 0 Å². The van der Waals surface area contributed by atoms with Crippen LogP contribution in [0.15, 0.2) is 53.8 Å². The van der Waals surface area contributed by atoms with Gasteiger partial charge in [0.05, 0.1) is 41.0 Å². The molecule has 1 aromatic carbocycles. The minimum Gasteiger partial charge on any atom is -0.453 e. The molecule has 0 saturated carbocycles. The van der Waals surface area contributed by atoms with Crippen molar-refractivity contribution in [2.24, 2.45) is 11.7 Å². The van der Waals surface area contributed by atoms with E-state index in [1.54, 1.807) is 36.6 Å². The SMILES string of the molecule is COC(=O)N(C)[C@@H]1[C@H](N)CN(c2ccncc2Cc2ncc3ccc(-c4c(F)cc(S(C)(=O)=O)cc4F)nn23)C[C@@H]1C. The lowest BCUT2D eigenvalue weighted by molar-refractivity contribution is 0.0905. The van der Waals surface area contributed by atoms with Crippen molar-refractivity contribution >= 4 is 27.1 Å². The number of carbonyl (C=O) groups is 1. The van der Waals surface area contributed by atoms with Gasteiger partial charge in [0, 0.05) is 62.5 Å². The van der Waals surface area contributed by atoms with Crippen molar-refractivity contribution in [1.82, 2.24) is 24.5 Å². The number of ether oxygens (including phenoxy) is 1. The van der Waals surface area contributed by atoms with Crippen molar-refractivity contribution in [2.45, 2.75) is 30.3 Å². The van der Waals surface area contributed by atoms with Crippen LogP contribution in [0.3, 0.4) is 0 Å². The number of imidazole rings is 1. The molecule has 42 heavy (non-hydrogen) atoms. The largest absolute Gasteiger partial charge is 0.453 e. The Morgan fingerprint density at radius 2 is 1.88 bits per heavy atom. The number of methoxy groups -OCH3 is 1. The van der Waals surface area contributed by atoms with Crippen LogP contribution < -0.4 is 10.6 Å². The molecule has 4 aromatic rings. The number of aromatic nitrogens is 4. The highest BCUT2D eigenvalue weighted by Crippen LogP contribution is 2.31. The maximum absolute atomic E-state index is 14.9. The number of amides is 1. The minimum atomic E-state index is -3.80. The molecule has 14 heteroatoms. The highest BCUT2D eigenvalue weighted by atomic mass is 32.2. The predicted octanol–water partition coefficient (Wildman–Crippen LogP) is 2.91. The van der Waals surface area contributed by atoms with Crippen LogP contribution in [-0.2, 0) is 21.0 Å². The average Bonchev–Trinajstić information content (AvgIpc) is 3.33. The molecule has 222 valence electrons. The summed E-state index contributed by atoms with van der Waals surface area (Å²) in [6, 6.07) is 6.01. The number of hydrogen-bond donors (Lipinski definition) is 1. The van der Waals surface area contributed by atoms with E-state index in [0.29, 0.717) is 30.9 Å². The van der Waals surface area contributed by atoms with E-state index < -0.39 is 38.0 Å². The molecule has 11 nitrogen and oxygen atoms in total. The van der Waals surface area contributed by atoms with Gasteiger partial charge in [0.25, 0.3) is 0 Å². The first-order valence-corrected chi connectivity index (χ1v) is 15.1. The van der Waals surface area contributed by atoms with Gasteiger partial charge in [-0.05, 0) is 36.2 Å². The van der Waals surface area contributed by atoms with Crippen molar-refractivity contribution in [1.29, 1.82) is 0 Å². The highest BCUT2D eigenvalue weighted by Gasteiger charge is 2.38. The zero-order valence-electron chi connectivity index (χ0n) is 23.5. The Kier molecular flexibility index (Phi) is 7.86. The van der Waals surface area contributed by atoms with Crippen LogP contribution >= 0.6 is 0 Å². The van der Waals surface area contributed by atoms with Gasteiger partial charge in [0.2, 0.25) is 0 Å². The summed E-state index contributed by atoms with van der Waals surface area (Å²) in [6.07, 6.45) is 5.77. The van der Waals surface area contributed by atoms with Crippen LogP contribution in [-0.4, -0.2) is 84.6 Å². The monoisotopic (exact) mass is 599 g/mol. The lowest BCUT2D eigenvalue weighted by Crippen LogP contribution is -2.62. The number of halogens is 2. The van der Waals surface area contributed by atoms with E-state index >= 15 is 0 Å². The van der Waals surface area contributed by atoms with E-state index in [-0.39, 0.29) is 23.7 Å². The summed E-state index contributed by atoms with van der Waals surface area (Å²) in [6.45, 7) is 3.15. The molecule has 0 spiro atoms. The second-order valence-electron chi connectivity index (χ2n) is 10.6. The summed E-state index contributed by atoms with van der Waals surface area (Å²) in [5.41, 5.74) is 8.44. The van der Waals surface area contributed by atoms with Gasteiger partial charge in [-0.15, -0.1) is 0 Å². The van der Waals surface area contributed by atoms with Crippen molar-refractivity contribution in [3.63, 3.8) is 0 Å². The Hall–Kier alpha value is -4.17. The molecule has 1 saturated heterocycles. The highest BCUT2D eigenvalue weighted by molar-refractivity contribution is 7.90. The summed E-state index contributed by atoms with van der Waals surface area (Å²) in [7, 11) is -0.780. The van der Waals surface area contributed by atoms with Crippen molar-refractivity contribution in [2.75, 3.05) is 38.4 Å². The molecule has 3 atom stereocenters. The zero-order chi connectivity index (χ0) is 30.3.